The van der Waals surface area contributed by atoms with Crippen LogP contribution in [0.5, 0.6) is 0 Å². The summed E-state index contributed by atoms with van der Waals surface area (Å²) < 4.78 is 10.6. The number of carbonyl (C=O) groups is 1. The van der Waals surface area contributed by atoms with E-state index in [-0.39, 0.29) is 24.3 Å². The fraction of sp³-hybridized carbons (Fsp3) is 0.133. The maximum atomic E-state index is 11.8. The molecule has 1 amide bonds. The molecule has 0 saturated carbocycles. The van der Waals surface area contributed by atoms with Gasteiger partial charge in [0.15, 0.2) is 10.9 Å². The first-order valence-corrected chi connectivity index (χ1v) is 7.96. The summed E-state index contributed by atoms with van der Waals surface area (Å²) in [6.45, 7) is 0.0650. The second-order valence-corrected chi connectivity index (χ2v) is 5.85. The number of pyridine rings is 1. The predicted octanol–water partition coefficient (Wildman–Crippen LogP) is 3.61. The number of aromatic nitrogens is 2. The third-order valence-corrected chi connectivity index (χ3v) is 4.02. The molecule has 0 unspecified atom stereocenters. The maximum Gasteiger partial charge on any atom is 0.250 e. The average Bonchev–Trinajstić information content (AvgIpc) is 3.20. The van der Waals surface area contributed by atoms with Crippen molar-refractivity contribution in [2.75, 3.05) is 11.9 Å². The van der Waals surface area contributed by atoms with Crippen LogP contribution in [-0.2, 0) is 16.1 Å². The lowest BCUT2D eigenvalue weighted by Gasteiger charge is -2.06. The van der Waals surface area contributed by atoms with Crippen molar-refractivity contribution in [1.29, 1.82) is 0 Å². The number of carbonyl (C=O) groups excluding carboxylic acids is 1. The zero-order chi connectivity index (χ0) is 16.1. The molecule has 0 aliphatic heterocycles. The molecule has 0 aliphatic rings. The summed E-state index contributed by atoms with van der Waals surface area (Å²) in [5.41, 5.74) is 1.07. The van der Waals surface area contributed by atoms with E-state index in [0.717, 1.165) is 4.88 Å². The van der Waals surface area contributed by atoms with Gasteiger partial charge in [-0.1, -0.05) is 22.8 Å². The maximum absolute atomic E-state index is 11.8. The minimum Gasteiger partial charge on any atom is -0.365 e. The van der Waals surface area contributed by atoms with Gasteiger partial charge in [-0.2, -0.15) is 0 Å². The SMILES string of the molecule is O=C(COCc1cc(-c2cccs2)on1)Nc1cccnc1Cl. The highest BCUT2D eigenvalue weighted by molar-refractivity contribution is 7.13. The molecule has 0 aromatic carbocycles. The van der Waals surface area contributed by atoms with Crippen LogP contribution in [-0.4, -0.2) is 22.7 Å². The lowest BCUT2D eigenvalue weighted by molar-refractivity contribution is -0.121. The molecule has 3 aromatic heterocycles. The van der Waals surface area contributed by atoms with Crippen molar-refractivity contribution in [3.8, 4) is 10.6 Å². The monoisotopic (exact) mass is 349 g/mol. The number of ether oxygens (including phenoxy) is 1. The third-order valence-electron chi connectivity index (χ3n) is 2.84. The highest BCUT2D eigenvalue weighted by Crippen LogP contribution is 2.25. The number of amides is 1. The third kappa shape index (κ3) is 4.16. The van der Waals surface area contributed by atoms with Crippen LogP contribution >= 0.6 is 22.9 Å². The number of rotatable bonds is 6. The van der Waals surface area contributed by atoms with E-state index in [0.29, 0.717) is 17.1 Å². The molecule has 0 saturated heterocycles. The van der Waals surface area contributed by atoms with Crippen molar-refractivity contribution in [3.63, 3.8) is 0 Å². The van der Waals surface area contributed by atoms with Gasteiger partial charge >= 0.3 is 0 Å². The van der Waals surface area contributed by atoms with E-state index >= 15 is 0 Å². The van der Waals surface area contributed by atoms with Gasteiger partial charge in [0, 0.05) is 12.3 Å². The van der Waals surface area contributed by atoms with Crippen LogP contribution < -0.4 is 5.32 Å². The zero-order valence-corrected chi connectivity index (χ0v) is 13.4. The second-order valence-electron chi connectivity index (χ2n) is 4.54. The molecule has 0 atom stereocenters. The Morgan fingerprint density at radius 2 is 2.30 bits per heavy atom. The molecule has 3 heterocycles. The van der Waals surface area contributed by atoms with Crippen molar-refractivity contribution < 1.29 is 14.1 Å². The van der Waals surface area contributed by atoms with Gasteiger partial charge in [0.05, 0.1) is 17.2 Å². The molecule has 0 fully saturated rings. The van der Waals surface area contributed by atoms with Crippen LogP contribution in [0.4, 0.5) is 5.69 Å². The van der Waals surface area contributed by atoms with Gasteiger partial charge in [-0.25, -0.2) is 4.98 Å². The van der Waals surface area contributed by atoms with Crippen LogP contribution in [0, 0.1) is 0 Å². The Morgan fingerprint density at radius 3 is 3.09 bits per heavy atom. The Balaban J connectivity index is 1.48. The fourth-order valence-corrected chi connectivity index (χ4v) is 2.67. The Kier molecular flexibility index (Phi) is 5.02. The van der Waals surface area contributed by atoms with E-state index in [2.05, 4.69) is 15.5 Å². The molecule has 3 aromatic rings. The summed E-state index contributed by atoms with van der Waals surface area (Å²) in [4.78, 5) is 16.7. The molecule has 6 nitrogen and oxygen atoms in total. The van der Waals surface area contributed by atoms with Crippen molar-refractivity contribution in [2.45, 2.75) is 6.61 Å². The number of hydrogen-bond donors (Lipinski definition) is 1. The normalized spacial score (nSPS) is 10.7. The fourth-order valence-electron chi connectivity index (χ4n) is 1.83. The average molecular weight is 350 g/mol. The molecular weight excluding hydrogens is 338 g/mol. The Bertz CT molecular complexity index is 789. The van der Waals surface area contributed by atoms with Gasteiger partial charge in [-0.05, 0) is 23.6 Å². The first-order chi connectivity index (χ1) is 11.2. The number of halogens is 1. The number of hydrogen-bond acceptors (Lipinski definition) is 6. The van der Waals surface area contributed by atoms with E-state index in [1.165, 1.54) is 0 Å². The van der Waals surface area contributed by atoms with Gasteiger partial charge in [-0.3, -0.25) is 4.79 Å². The number of thiophene rings is 1. The number of anilines is 1. The number of nitrogens with one attached hydrogen (secondary N) is 1. The van der Waals surface area contributed by atoms with Crippen LogP contribution in [0.2, 0.25) is 5.15 Å². The van der Waals surface area contributed by atoms with Crippen LogP contribution in [0.15, 0.2) is 46.4 Å². The second kappa shape index (κ2) is 7.36. The first kappa shape index (κ1) is 15.7. The van der Waals surface area contributed by atoms with Gasteiger partial charge in [0.2, 0.25) is 5.91 Å². The van der Waals surface area contributed by atoms with E-state index < -0.39 is 0 Å². The van der Waals surface area contributed by atoms with E-state index in [4.69, 9.17) is 20.9 Å². The Morgan fingerprint density at radius 1 is 1.39 bits per heavy atom. The van der Waals surface area contributed by atoms with Gasteiger partial charge in [0.1, 0.15) is 12.3 Å². The van der Waals surface area contributed by atoms with Gasteiger partial charge < -0.3 is 14.6 Å². The highest BCUT2D eigenvalue weighted by Gasteiger charge is 2.10. The Hall–Kier alpha value is -2.22. The lowest BCUT2D eigenvalue weighted by Crippen LogP contribution is -2.18. The molecule has 0 radical (unpaired) electrons. The topological polar surface area (TPSA) is 77.2 Å². The Labute approximate surface area is 141 Å². The molecule has 8 heteroatoms. The molecule has 3 rings (SSSR count). The largest absolute Gasteiger partial charge is 0.365 e. The molecule has 0 aliphatic carbocycles. The van der Waals surface area contributed by atoms with Crippen LogP contribution in [0.1, 0.15) is 5.69 Å². The molecular formula is C15H12ClN3O3S. The molecule has 0 bridgehead atoms. The molecule has 23 heavy (non-hydrogen) atoms. The van der Waals surface area contributed by atoms with Crippen LogP contribution in [0.3, 0.4) is 0 Å². The summed E-state index contributed by atoms with van der Waals surface area (Å²) in [6.07, 6.45) is 1.55. The summed E-state index contributed by atoms with van der Waals surface area (Å²) in [5, 5.41) is 8.73. The van der Waals surface area contributed by atoms with Gasteiger partial charge in [0.25, 0.3) is 0 Å². The van der Waals surface area contributed by atoms with Gasteiger partial charge in [-0.15, -0.1) is 11.3 Å². The number of nitrogens with zero attached hydrogens (tertiary/aromatic N) is 2. The summed E-state index contributed by atoms with van der Waals surface area (Å²) >= 11 is 7.43. The quantitative estimate of drug-likeness (QED) is 0.688. The summed E-state index contributed by atoms with van der Waals surface area (Å²) in [7, 11) is 0. The summed E-state index contributed by atoms with van der Waals surface area (Å²) in [6, 6.07) is 9.03. The smallest absolute Gasteiger partial charge is 0.250 e. The minimum atomic E-state index is -0.318. The van der Waals surface area contributed by atoms with Crippen molar-refractivity contribution in [3.05, 3.63) is 52.8 Å². The lowest BCUT2D eigenvalue weighted by atomic mass is 10.3. The van der Waals surface area contributed by atoms with Crippen molar-refractivity contribution in [1.82, 2.24) is 10.1 Å². The van der Waals surface area contributed by atoms with E-state index in [1.807, 2.05) is 17.5 Å². The predicted molar refractivity (Wildman–Crippen MR) is 87.3 cm³/mol. The van der Waals surface area contributed by atoms with Crippen molar-refractivity contribution in [2.24, 2.45) is 0 Å². The highest BCUT2D eigenvalue weighted by atomic mass is 35.5. The molecule has 0 spiro atoms. The molecule has 1 N–H and O–H groups in total. The standard InChI is InChI=1S/C15H12ClN3O3S/c16-15-11(3-1-5-17-15)18-14(20)9-21-8-10-7-12(22-19-10)13-4-2-6-23-13/h1-7H,8-9H2,(H,18,20). The van der Waals surface area contributed by atoms with E-state index in [1.54, 1.807) is 35.7 Å². The van der Waals surface area contributed by atoms with E-state index in [9.17, 15) is 4.79 Å². The summed E-state index contributed by atoms with van der Waals surface area (Å²) in [5.74, 6) is 0.368. The first-order valence-electron chi connectivity index (χ1n) is 6.70. The molecule has 118 valence electrons. The minimum absolute atomic E-state index is 0.119. The van der Waals surface area contributed by atoms with Crippen molar-refractivity contribution >= 4 is 34.5 Å². The van der Waals surface area contributed by atoms with Crippen LogP contribution in [0.25, 0.3) is 10.6 Å². The zero-order valence-electron chi connectivity index (χ0n) is 11.9.